The van der Waals surface area contributed by atoms with Crippen LogP contribution >= 0.6 is 0 Å². The molecule has 2 aromatic rings. The van der Waals surface area contributed by atoms with Crippen LogP contribution in [-0.4, -0.2) is 15.9 Å². The largest absolute Gasteiger partial charge is 0.364 e. The summed E-state index contributed by atoms with van der Waals surface area (Å²) in [5.74, 6) is -0.469. The minimum Gasteiger partial charge on any atom is -0.364 e. The van der Waals surface area contributed by atoms with E-state index in [4.69, 9.17) is 11.0 Å². The van der Waals surface area contributed by atoms with Crippen LogP contribution in [0.15, 0.2) is 36.5 Å². The Bertz CT molecular complexity index is 633. The summed E-state index contributed by atoms with van der Waals surface area (Å²) in [6.07, 6.45) is 1.22. The molecule has 0 spiro atoms. The van der Waals surface area contributed by atoms with E-state index in [9.17, 15) is 4.79 Å². The zero-order valence-electron chi connectivity index (χ0n) is 10.00. The maximum absolute atomic E-state index is 11.2. The van der Waals surface area contributed by atoms with Gasteiger partial charge in [-0.2, -0.15) is 5.26 Å². The molecule has 1 aromatic heterocycles. The van der Waals surface area contributed by atoms with Gasteiger partial charge < -0.3 is 11.1 Å². The molecule has 1 heterocycles. The van der Waals surface area contributed by atoms with Gasteiger partial charge in [-0.05, 0) is 5.56 Å². The summed E-state index contributed by atoms with van der Waals surface area (Å²) in [6.45, 7) is 0.463. The molecule has 0 aliphatic rings. The second kappa shape index (κ2) is 5.60. The van der Waals surface area contributed by atoms with Gasteiger partial charge in [0, 0.05) is 6.54 Å². The number of carbonyl (C=O) groups is 1. The standard InChI is InChI=1S/C13H11N5O/c14-6-10-8-16-11(12(15)19)13(18-10)17-7-9-4-2-1-3-5-9/h1-5,8H,7H2,(H2,15,19)(H,17,18). The molecule has 1 amide bonds. The lowest BCUT2D eigenvalue weighted by molar-refractivity contribution is 0.0996. The fourth-order valence-electron chi connectivity index (χ4n) is 1.53. The Morgan fingerprint density at radius 2 is 2.11 bits per heavy atom. The first-order valence-corrected chi connectivity index (χ1v) is 5.55. The molecule has 94 valence electrons. The minimum absolute atomic E-state index is 0.0231. The van der Waals surface area contributed by atoms with Gasteiger partial charge in [0.25, 0.3) is 5.91 Å². The van der Waals surface area contributed by atoms with Crippen molar-refractivity contribution in [1.82, 2.24) is 9.97 Å². The van der Waals surface area contributed by atoms with Crippen molar-refractivity contribution in [3.63, 3.8) is 0 Å². The number of primary amides is 1. The molecule has 6 nitrogen and oxygen atoms in total. The number of hydrogen-bond acceptors (Lipinski definition) is 5. The van der Waals surface area contributed by atoms with Crippen LogP contribution in [0, 0.1) is 11.3 Å². The molecule has 0 aliphatic carbocycles. The molecule has 0 saturated carbocycles. The third-order valence-corrected chi connectivity index (χ3v) is 2.42. The number of benzene rings is 1. The predicted molar refractivity (Wildman–Crippen MR) is 69.0 cm³/mol. The van der Waals surface area contributed by atoms with Crippen molar-refractivity contribution in [3.8, 4) is 6.07 Å². The Morgan fingerprint density at radius 1 is 1.37 bits per heavy atom. The number of aromatic nitrogens is 2. The molecule has 0 unspecified atom stereocenters. The van der Waals surface area contributed by atoms with Crippen molar-refractivity contribution < 1.29 is 4.79 Å². The summed E-state index contributed by atoms with van der Waals surface area (Å²) in [4.78, 5) is 19.1. The minimum atomic E-state index is -0.687. The summed E-state index contributed by atoms with van der Waals surface area (Å²) in [5, 5.41) is 11.7. The molecule has 0 radical (unpaired) electrons. The van der Waals surface area contributed by atoms with E-state index in [2.05, 4.69) is 15.3 Å². The van der Waals surface area contributed by atoms with Crippen molar-refractivity contribution in [2.45, 2.75) is 6.54 Å². The first kappa shape index (κ1) is 12.5. The molecule has 0 bridgehead atoms. The van der Waals surface area contributed by atoms with Gasteiger partial charge in [-0.25, -0.2) is 9.97 Å². The zero-order chi connectivity index (χ0) is 13.7. The van der Waals surface area contributed by atoms with E-state index in [1.807, 2.05) is 36.4 Å². The fourth-order valence-corrected chi connectivity index (χ4v) is 1.53. The Balaban J connectivity index is 2.23. The highest BCUT2D eigenvalue weighted by Gasteiger charge is 2.12. The molecule has 6 heteroatoms. The molecule has 3 N–H and O–H groups in total. The summed E-state index contributed by atoms with van der Waals surface area (Å²) < 4.78 is 0. The second-order valence-corrected chi connectivity index (χ2v) is 3.77. The van der Waals surface area contributed by atoms with Gasteiger partial charge >= 0.3 is 0 Å². The third-order valence-electron chi connectivity index (χ3n) is 2.42. The summed E-state index contributed by atoms with van der Waals surface area (Å²) >= 11 is 0. The number of carbonyl (C=O) groups excluding carboxylic acids is 1. The Morgan fingerprint density at radius 3 is 2.74 bits per heavy atom. The number of nitrogens with one attached hydrogen (secondary N) is 1. The fraction of sp³-hybridized carbons (Fsp3) is 0.0769. The third kappa shape index (κ3) is 3.04. The van der Waals surface area contributed by atoms with Crippen LogP contribution in [0.25, 0.3) is 0 Å². The molecule has 1 aromatic carbocycles. The van der Waals surface area contributed by atoms with Crippen LogP contribution in [-0.2, 0) is 6.54 Å². The van der Waals surface area contributed by atoms with Crippen LogP contribution in [0.4, 0.5) is 5.82 Å². The average Bonchev–Trinajstić information content (AvgIpc) is 2.45. The number of nitrogens with zero attached hydrogens (tertiary/aromatic N) is 3. The van der Waals surface area contributed by atoms with Crippen LogP contribution in [0.5, 0.6) is 0 Å². The number of nitrogens with two attached hydrogens (primary N) is 1. The van der Waals surface area contributed by atoms with Crippen LogP contribution in [0.2, 0.25) is 0 Å². The van der Waals surface area contributed by atoms with Gasteiger partial charge in [-0.3, -0.25) is 4.79 Å². The Labute approximate surface area is 109 Å². The summed E-state index contributed by atoms with van der Waals surface area (Å²) in [7, 11) is 0. The van der Waals surface area contributed by atoms with Gasteiger partial charge in [0.1, 0.15) is 6.07 Å². The van der Waals surface area contributed by atoms with Gasteiger partial charge in [-0.1, -0.05) is 30.3 Å². The molecule has 0 aliphatic heterocycles. The summed E-state index contributed by atoms with van der Waals surface area (Å²) in [6, 6.07) is 11.4. The lowest BCUT2D eigenvalue weighted by Gasteiger charge is -2.08. The van der Waals surface area contributed by atoms with Crippen molar-refractivity contribution in [3.05, 3.63) is 53.5 Å². The first-order valence-electron chi connectivity index (χ1n) is 5.55. The van der Waals surface area contributed by atoms with E-state index < -0.39 is 5.91 Å². The first-order chi connectivity index (χ1) is 9.20. The van der Waals surface area contributed by atoms with Crippen molar-refractivity contribution >= 4 is 11.7 Å². The molecule has 0 atom stereocenters. The van der Waals surface area contributed by atoms with Gasteiger partial charge in [0.15, 0.2) is 17.2 Å². The van der Waals surface area contributed by atoms with Gasteiger partial charge in [-0.15, -0.1) is 0 Å². The number of amides is 1. The number of nitriles is 1. The smallest absolute Gasteiger partial charge is 0.271 e. The van der Waals surface area contributed by atoms with E-state index in [-0.39, 0.29) is 17.2 Å². The van der Waals surface area contributed by atoms with E-state index in [0.29, 0.717) is 6.54 Å². The lowest BCUT2D eigenvalue weighted by atomic mass is 10.2. The molecule has 2 rings (SSSR count). The topological polar surface area (TPSA) is 105 Å². The van der Waals surface area contributed by atoms with Crippen LogP contribution in [0.1, 0.15) is 21.7 Å². The molecular weight excluding hydrogens is 242 g/mol. The molecule has 0 saturated heterocycles. The van der Waals surface area contributed by atoms with Crippen molar-refractivity contribution in [2.75, 3.05) is 5.32 Å². The van der Waals surface area contributed by atoms with Crippen LogP contribution in [0.3, 0.4) is 0 Å². The van der Waals surface area contributed by atoms with Crippen molar-refractivity contribution in [2.24, 2.45) is 5.73 Å². The maximum Gasteiger partial charge on any atom is 0.271 e. The van der Waals surface area contributed by atoms with E-state index in [0.717, 1.165) is 5.56 Å². The lowest BCUT2D eigenvalue weighted by Crippen LogP contribution is -2.18. The number of anilines is 1. The molecule has 0 fully saturated rings. The van der Waals surface area contributed by atoms with E-state index in [1.54, 1.807) is 0 Å². The van der Waals surface area contributed by atoms with Gasteiger partial charge in [0.05, 0.1) is 6.20 Å². The number of hydrogen-bond donors (Lipinski definition) is 2. The quantitative estimate of drug-likeness (QED) is 0.847. The van der Waals surface area contributed by atoms with E-state index in [1.165, 1.54) is 6.20 Å². The normalized spacial score (nSPS) is 9.63. The monoisotopic (exact) mass is 253 g/mol. The van der Waals surface area contributed by atoms with Crippen molar-refractivity contribution in [1.29, 1.82) is 5.26 Å². The number of rotatable bonds is 4. The Hall–Kier alpha value is -2.94. The average molecular weight is 253 g/mol. The predicted octanol–water partition coefficient (Wildman–Crippen LogP) is 1.06. The Kier molecular flexibility index (Phi) is 3.69. The highest BCUT2D eigenvalue weighted by molar-refractivity contribution is 5.95. The van der Waals surface area contributed by atoms with E-state index >= 15 is 0 Å². The highest BCUT2D eigenvalue weighted by atomic mass is 16.1. The zero-order valence-corrected chi connectivity index (χ0v) is 10.00. The molecule has 19 heavy (non-hydrogen) atoms. The van der Waals surface area contributed by atoms with Gasteiger partial charge in [0.2, 0.25) is 0 Å². The molecular formula is C13H11N5O. The highest BCUT2D eigenvalue weighted by Crippen LogP contribution is 2.11. The SMILES string of the molecule is N#Cc1cnc(C(N)=O)c(NCc2ccccc2)n1. The second-order valence-electron chi connectivity index (χ2n) is 3.77. The summed E-state index contributed by atoms with van der Waals surface area (Å²) in [5.41, 5.74) is 6.38. The maximum atomic E-state index is 11.2. The van der Waals surface area contributed by atoms with Crippen LogP contribution < -0.4 is 11.1 Å².